The van der Waals surface area contributed by atoms with Crippen molar-refractivity contribution in [2.24, 2.45) is 0 Å². The maximum absolute atomic E-state index is 14.4. The van der Waals surface area contributed by atoms with Crippen molar-refractivity contribution in [3.8, 4) is 11.1 Å². The molecule has 5 nitrogen and oxygen atoms in total. The van der Waals surface area contributed by atoms with Crippen molar-refractivity contribution in [1.29, 1.82) is 0 Å². The molecular formula is C36H34ClF2N3O2. The number of para-hydroxylation sites is 1. The first-order chi connectivity index (χ1) is 21.3. The van der Waals surface area contributed by atoms with Gasteiger partial charge in [-0.05, 0) is 72.0 Å². The number of aryl methyl sites for hydroxylation is 2. The third-order valence-corrected chi connectivity index (χ3v) is 7.98. The van der Waals surface area contributed by atoms with Crippen LogP contribution in [0.2, 0.25) is 5.02 Å². The number of likely N-dealkylation sites (N-methyl/N-ethyl adjacent to an activating group) is 1. The van der Waals surface area contributed by atoms with Crippen molar-refractivity contribution >= 4 is 28.4 Å². The second-order valence-electron chi connectivity index (χ2n) is 10.7. The average Bonchev–Trinajstić information content (AvgIpc) is 3.02. The van der Waals surface area contributed by atoms with E-state index >= 15 is 0 Å². The van der Waals surface area contributed by atoms with Crippen LogP contribution in [0.1, 0.15) is 23.7 Å². The molecule has 44 heavy (non-hydrogen) atoms. The molecule has 1 heterocycles. The lowest BCUT2D eigenvalue weighted by atomic mass is 10.0. The van der Waals surface area contributed by atoms with E-state index in [0.717, 1.165) is 29.3 Å². The Morgan fingerprint density at radius 3 is 2.30 bits per heavy atom. The number of carbonyl (C=O) groups excluding carboxylic acids is 1. The van der Waals surface area contributed by atoms with Crippen LogP contribution in [-0.2, 0) is 30.7 Å². The number of halogens is 3. The number of fused-ring (bicyclic) bond motifs is 1. The summed E-state index contributed by atoms with van der Waals surface area (Å²) < 4.78 is 29.7. The zero-order valence-electron chi connectivity index (χ0n) is 24.5. The Hall–Kier alpha value is -4.33. The fraction of sp³-hybridized carbons (Fsp3) is 0.222. The first-order valence-electron chi connectivity index (χ1n) is 14.7. The van der Waals surface area contributed by atoms with Crippen LogP contribution in [0.25, 0.3) is 22.0 Å². The lowest BCUT2D eigenvalue weighted by Crippen LogP contribution is -2.39. The molecule has 0 saturated heterocycles. The Bertz CT molecular complexity index is 1800. The summed E-state index contributed by atoms with van der Waals surface area (Å²) in [6, 6.07) is 28.0. The minimum absolute atomic E-state index is 0.0109. The summed E-state index contributed by atoms with van der Waals surface area (Å²) in [6.45, 7) is 4.36. The van der Waals surface area contributed by atoms with E-state index in [1.165, 1.54) is 18.2 Å². The molecule has 0 radical (unpaired) electrons. The molecule has 0 atom stereocenters. The maximum atomic E-state index is 14.4. The van der Waals surface area contributed by atoms with Crippen molar-refractivity contribution in [3.05, 3.63) is 141 Å². The Morgan fingerprint density at radius 1 is 0.886 bits per heavy atom. The molecule has 0 saturated carbocycles. The van der Waals surface area contributed by atoms with E-state index in [1.54, 1.807) is 12.1 Å². The van der Waals surface area contributed by atoms with E-state index in [0.29, 0.717) is 53.2 Å². The number of pyridine rings is 1. The number of hydrogen-bond donors (Lipinski definition) is 1. The number of hydrogen-bond acceptors (Lipinski definition) is 3. The second-order valence-corrected chi connectivity index (χ2v) is 11.1. The van der Waals surface area contributed by atoms with Gasteiger partial charge < -0.3 is 14.8 Å². The number of aromatic nitrogens is 1. The van der Waals surface area contributed by atoms with Crippen LogP contribution >= 0.6 is 11.6 Å². The van der Waals surface area contributed by atoms with Crippen molar-refractivity contribution in [1.82, 2.24) is 14.8 Å². The largest absolute Gasteiger partial charge is 0.336 e. The summed E-state index contributed by atoms with van der Waals surface area (Å²) >= 11 is 6.04. The fourth-order valence-electron chi connectivity index (χ4n) is 5.34. The van der Waals surface area contributed by atoms with Gasteiger partial charge in [0.25, 0.3) is 0 Å². The minimum Gasteiger partial charge on any atom is -0.336 e. The highest BCUT2D eigenvalue weighted by atomic mass is 35.5. The van der Waals surface area contributed by atoms with E-state index in [1.807, 2.05) is 77.1 Å². The molecule has 0 bridgehead atoms. The van der Waals surface area contributed by atoms with Gasteiger partial charge in [-0.3, -0.25) is 9.59 Å². The van der Waals surface area contributed by atoms with Crippen molar-refractivity contribution in [3.63, 3.8) is 0 Å². The average molecular weight is 614 g/mol. The minimum atomic E-state index is -0.642. The molecule has 0 aliphatic rings. The van der Waals surface area contributed by atoms with Crippen LogP contribution in [0.15, 0.2) is 102 Å². The lowest BCUT2D eigenvalue weighted by Gasteiger charge is -2.25. The molecule has 5 aromatic rings. The normalized spacial score (nSPS) is 11.2. The number of nitrogens with zero attached hydrogens (tertiary/aromatic N) is 2. The Morgan fingerprint density at radius 2 is 1.59 bits per heavy atom. The van der Waals surface area contributed by atoms with Crippen LogP contribution in [0.3, 0.4) is 0 Å². The maximum Gasteiger partial charge on any atom is 0.242 e. The molecular weight excluding hydrogens is 580 g/mol. The van der Waals surface area contributed by atoms with Crippen LogP contribution in [0.4, 0.5) is 8.78 Å². The van der Waals surface area contributed by atoms with Crippen LogP contribution in [0.5, 0.6) is 0 Å². The van der Waals surface area contributed by atoms with Crippen molar-refractivity contribution in [2.75, 3.05) is 19.6 Å². The summed E-state index contributed by atoms with van der Waals surface area (Å²) in [5.41, 5.74) is 4.54. The summed E-state index contributed by atoms with van der Waals surface area (Å²) in [5.74, 6) is -1.38. The number of amides is 1. The molecule has 226 valence electrons. The van der Waals surface area contributed by atoms with E-state index in [4.69, 9.17) is 11.6 Å². The predicted molar refractivity (Wildman–Crippen MR) is 173 cm³/mol. The smallest absolute Gasteiger partial charge is 0.242 e. The van der Waals surface area contributed by atoms with Crippen molar-refractivity contribution in [2.45, 2.75) is 32.9 Å². The van der Waals surface area contributed by atoms with Gasteiger partial charge in [0.15, 0.2) is 5.43 Å². The number of nitrogens with one attached hydrogen (secondary N) is 1. The summed E-state index contributed by atoms with van der Waals surface area (Å²) in [6.07, 6.45) is 0.557. The van der Waals surface area contributed by atoms with Gasteiger partial charge in [-0.2, -0.15) is 0 Å². The van der Waals surface area contributed by atoms with Gasteiger partial charge in [-0.15, -0.1) is 0 Å². The molecule has 0 spiro atoms. The van der Waals surface area contributed by atoms with E-state index in [-0.39, 0.29) is 24.3 Å². The van der Waals surface area contributed by atoms with Crippen LogP contribution < -0.4 is 10.7 Å². The molecule has 0 fully saturated rings. The molecule has 1 N–H and O–H groups in total. The van der Waals surface area contributed by atoms with E-state index in [9.17, 15) is 18.4 Å². The molecule has 1 aromatic heterocycles. The van der Waals surface area contributed by atoms with Gasteiger partial charge in [0, 0.05) is 47.9 Å². The standard InChI is InChI=1S/C36H34ClF2N3O2/c1-2-40-19-20-41(23-25-7-9-26(10-8-25)27-11-15-29(37)16-12-27)36(44)24-42-31(18-14-28-13-17-30(38)21-33(28)39)22-35(43)32-5-3-4-6-34(32)42/h3-13,15-17,21-22,40H,2,14,18-20,23-24H2,1H3. The first-order valence-corrected chi connectivity index (χ1v) is 15.1. The van der Waals surface area contributed by atoms with Crippen LogP contribution in [-0.4, -0.2) is 35.0 Å². The molecule has 1 amide bonds. The zero-order chi connectivity index (χ0) is 31.1. The first kappa shape index (κ1) is 31.1. The molecule has 5 rings (SSSR count). The third-order valence-electron chi connectivity index (χ3n) is 7.73. The van der Waals surface area contributed by atoms with E-state index in [2.05, 4.69) is 5.32 Å². The zero-order valence-corrected chi connectivity index (χ0v) is 25.3. The fourth-order valence-corrected chi connectivity index (χ4v) is 5.47. The van der Waals surface area contributed by atoms with Crippen molar-refractivity contribution < 1.29 is 13.6 Å². The van der Waals surface area contributed by atoms with Gasteiger partial charge in [-0.25, -0.2) is 8.78 Å². The third kappa shape index (κ3) is 7.59. The van der Waals surface area contributed by atoms with Gasteiger partial charge in [0.05, 0.1) is 5.52 Å². The number of benzene rings is 4. The van der Waals surface area contributed by atoms with Gasteiger partial charge in [0.2, 0.25) is 5.91 Å². The highest BCUT2D eigenvalue weighted by Gasteiger charge is 2.19. The highest BCUT2D eigenvalue weighted by molar-refractivity contribution is 6.30. The molecule has 0 unspecified atom stereocenters. The molecule has 0 aliphatic carbocycles. The summed E-state index contributed by atoms with van der Waals surface area (Å²) in [5, 5.41) is 4.49. The topological polar surface area (TPSA) is 54.3 Å². The SMILES string of the molecule is CCNCCN(Cc1ccc(-c2ccc(Cl)cc2)cc1)C(=O)Cn1c(CCc2ccc(F)cc2F)cc(=O)c2ccccc21. The monoisotopic (exact) mass is 613 g/mol. The molecule has 8 heteroatoms. The Labute approximate surface area is 260 Å². The summed E-state index contributed by atoms with van der Waals surface area (Å²) in [7, 11) is 0. The second kappa shape index (κ2) is 14.4. The summed E-state index contributed by atoms with van der Waals surface area (Å²) in [4.78, 5) is 28.8. The van der Waals surface area contributed by atoms with E-state index < -0.39 is 11.6 Å². The highest BCUT2D eigenvalue weighted by Crippen LogP contribution is 2.23. The molecule has 0 aliphatic heterocycles. The van der Waals surface area contributed by atoms with Crippen LogP contribution in [0, 0.1) is 11.6 Å². The number of carbonyl (C=O) groups is 1. The number of rotatable bonds is 12. The Balaban J connectivity index is 1.41. The van der Waals surface area contributed by atoms with Gasteiger partial charge >= 0.3 is 0 Å². The lowest BCUT2D eigenvalue weighted by molar-refractivity contribution is -0.132. The van der Waals surface area contributed by atoms with Gasteiger partial charge in [-0.1, -0.05) is 73.1 Å². The predicted octanol–water partition coefficient (Wildman–Crippen LogP) is 7.02. The Kier molecular flexibility index (Phi) is 10.2. The van der Waals surface area contributed by atoms with Gasteiger partial charge in [0.1, 0.15) is 18.2 Å². The quantitative estimate of drug-likeness (QED) is 0.154. The molecule has 4 aromatic carbocycles.